The van der Waals surface area contributed by atoms with E-state index in [0.717, 1.165) is 92.9 Å². The number of nitrogens with zero attached hydrogens (tertiary/aromatic N) is 4. The molecule has 2 fully saturated rings. The number of carbonyl (C=O) groups excluding carboxylic acids is 2. The second-order valence-corrected chi connectivity index (χ2v) is 12.2. The fraction of sp³-hybridized carbons (Fsp3) is 0.533. The van der Waals surface area contributed by atoms with E-state index in [1.54, 1.807) is 17.5 Å². The molecule has 1 saturated carbocycles. The molecule has 3 aromatic rings. The molecule has 2 aliphatic heterocycles. The molecule has 0 unspecified atom stereocenters. The number of carbonyl (C=O) groups is 2. The van der Waals surface area contributed by atoms with Crippen LogP contribution in [0.2, 0.25) is 0 Å². The van der Waals surface area contributed by atoms with E-state index in [0.29, 0.717) is 17.3 Å². The van der Waals surface area contributed by atoms with Crippen molar-refractivity contribution in [2.45, 2.75) is 64.3 Å². The number of likely N-dealkylation sites (tertiary alicyclic amines) is 1. The van der Waals surface area contributed by atoms with Crippen molar-refractivity contribution >= 4 is 33.9 Å². The zero-order valence-electron chi connectivity index (χ0n) is 21.5. The Bertz CT molecular complexity index is 1270. The number of hydrogen-bond acceptors (Lipinski definition) is 6. The van der Waals surface area contributed by atoms with Crippen LogP contribution in [0, 0.1) is 11.8 Å². The molecule has 37 heavy (non-hydrogen) atoms. The van der Waals surface area contributed by atoms with E-state index in [9.17, 15) is 9.59 Å². The van der Waals surface area contributed by atoms with Gasteiger partial charge in [-0.1, -0.05) is 31.0 Å². The Labute approximate surface area is 223 Å². The highest BCUT2D eigenvalue weighted by Crippen LogP contribution is 2.35. The molecule has 4 heterocycles. The van der Waals surface area contributed by atoms with E-state index in [1.807, 2.05) is 35.2 Å². The molecule has 1 saturated heterocycles. The molecule has 0 atom stereocenters. The van der Waals surface area contributed by atoms with E-state index < -0.39 is 0 Å². The summed E-state index contributed by atoms with van der Waals surface area (Å²) in [4.78, 5) is 40.8. The molecule has 6 rings (SSSR count). The van der Waals surface area contributed by atoms with Crippen LogP contribution >= 0.6 is 11.3 Å². The van der Waals surface area contributed by atoms with Crippen LogP contribution in [-0.2, 0) is 13.0 Å². The summed E-state index contributed by atoms with van der Waals surface area (Å²) in [7, 11) is 0. The SMILES string of the molecule is O=C(CC1CCC(CCN2CCc3sc(C(=O)N4CCCC4)nc3C2)CC1)c1cccc2ncccc12. The van der Waals surface area contributed by atoms with Gasteiger partial charge in [0.05, 0.1) is 11.2 Å². The maximum Gasteiger partial charge on any atom is 0.282 e. The molecule has 0 bridgehead atoms. The summed E-state index contributed by atoms with van der Waals surface area (Å²) >= 11 is 1.62. The number of fused-ring (bicyclic) bond motifs is 2. The van der Waals surface area contributed by atoms with Crippen LogP contribution in [0.3, 0.4) is 0 Å². The third-order valence-corrected chi connectivity index (χ3v) is 9.77. The maximum atomic E-state index is 13.1. The predicted molar refractivity (Wildman–Crippen MR) is 147 cm³/mol. The number of pyridine rings is 1. The zero-order chi connectivity index (χ0) is 25.2. The highest BCUT2D eigenvalue weighted by Gasteiger charge is 2.28. The summed E-state index contributed by atoms with van der Waals surface area (Å²) in [5.74, 6) is 1.64. The third kappa shape index (κ3) is 5.48. The van der Waals surface area contributed by atoms with Crippen LogP contribution in [0.4, 0.5) is 0 Å². The van der Waals surface area contributed by atoms with E-state index in [4.69, 9.17) is 4.98 Å². The third-order valence-electron chi connectivity index (χ3n) is 8.62. The van der Waals surface area contributed by atoms with Gasteiger partial charge < -0.3 is 4.90 Å². The lowest BCUT2D eigenvalue weighted by Gasteiger charge is -2.31. The summed E-state index contributed by atoms with van der Waals surface area (Å²) in [5, 5.41) is 1.67. The summed E-state index contributed by atoms with van der Waals surface area (Å²) in [6.07, 6.45) is 11.6. The summed E-state index contributed by atoms with van der Waals surface area (Å²) < 4.78 is 0. The first-order valence-electron chi connectivity index (χ1n) is 14.0. The Hall–Kier alpha value is -2.64. The van der Waals surface area contributed by atoms with Crippen molar-refractivity contribution in [3.05, 3.63) is 57.7 Å². The highest BCUT2D eigenvalue weighted by molar-refractivity contribution is 7.13. The Morgan fingerprint density at radius 1 is 0.973 bits per heavy atom. The van der Waals surface area contributed by atoms with E-state index in [-0.39, 0.29) is 11.7 Å². The van der Waals surface area contributed by atoms with Gasteiger partial charge in [0.15, 0.2) is 10.8 Å². The van der Waals surface area contributed by atoms with Crippen LogP contribution in [0.5, 0.6) is 0 Å². The van der Waals surface area contributed by atoms with Crippen LogP contribution < -0.4 is 0 Å². The molecule has 1 aliphatic carbocycles. The van der Waals surface area contributed by atoms with Crippen molar-refractivity contribution in [2.75, 3.05) is 26.2 Å². The van der Waals surface area contributed by atoms with Crippen molar-refractivity contribution in [3.63, 3.8) is 0 Å². The number of aromatic nitrogens is 2. The van der Waals surface area contributed by atoms with Gasteiger partial charge >= 0.3 is 0 Å². The molecule has 2 aromatic heterocycles. The van der Waals surface area contributed by atoms with Crippen LogP contribution in [0.25, 0.3) is 10.9 Å². The van der Waals surface area contributed by atoms with E-state index >= 15 is 0 Å². The number of amides is 1. The van der Waals surface area contributed by atoms with Crippen molar-refractivity contribution in [2.24, 2.45) is 11.8 Å². The number of rotatable bonds is 7. The molecule has 194 valence electrons. The van der Waals surface area contributed by atoms with E-state index in [1.165, 1.54) is 24.1 Å². The van der Waals surface area contributed by atoms with Gasteiger partial charge in [0.1, 0.15) is 0 Å². The Kier molecular flexibility index (Phi) is 7.34. The predicted octanol–water partition coefficient (Wildman–Crippen LogP) is 5.75. The normalized spacial score (nSPS) is 22.3. The van der Waals surface area contributed by atoms with Gasteiger partial charge in [0.2, 0.25) is 0 Å². The fourth-order valence-corrected chi connectivity index (χ4v) is 7.43. The van der Waals surface area contributed by atoms with E-state index in [2.05, 4.69) is 9.88 Å². The van der Waals surface area contributed by atoms with Crippen LogP contribution in [-0.4, -0.2) is 57.6 Å². The smallest absolute Gasteiger partial charge is 0.282 e. The minimum Gasteiger partial charge on any atom is -0.337 e. The summed E-state index contributed by atoms with van der Waals surface area (Å²) in [5.41, 5.74) is 2.85. The first-order chi connectivity index (χ1) is 18.1. The Balaban J connectivity index is 0.965. The first-order valence-corrected chi connectivity index (χ1v) is 14.8. The quantitative estimate of drug-likeness (QED) is 0.374. The van der Waals surface area contributed by atoms with Gasteiger partial charge in [-0.2, -0.15) is 0 Å². The monoisotopic (exact) mass is 516 g/mol. The topological polar surface area (TPSA) is 66.4 Å². The lowest BCUT2D eigenvalue weighted by Crippen LogP contribution is -2.32. The minimum absolute atomic E-state index is 0.135. The molecule has 0 N–H and O–H groups in total. The molecule has 1 aromatic carbocycles. The molecular formula is C30H36N4O2S. The molecule has 7 heteroatoms. The standard InChI is InChI=1S/C30H36N4O2S/c35-27(24-5-3-7-25-23(24)6-4-14-31-25)19-22-10-8-21(9-11-22)12-17-33-18-13-28-26(20-33)32-29(37-28)30(36)34-15-1-2-16-34/h3-7,14,21-22H,1-2,8-13,15-20H2. The number of ketones is 1. The van der Waals surface area contributed by atoms with Crippen LogP contribution in [0.1, 0.15) is 82.1 Å². The second kappa shape index (κ2) is 11.0. The lowest BCUT2D eigenvalue weighted by molar-refractivity contribution is 0.0791. The van der Waals surface area contributed by atoms with Gasteiger partial charge in [-0.3, -0.25) is 19.5 Å². The molecule has 6 nitrogen and oxygen atoms in total. The van der Waals surface area contributed by atoms with Gasteiger partial charge in [-0.15, -0.1) is 11.3 Å². The second-order valence-electron chi connectivity index (χ2n) is 11.1. The number of thiazole rings is 1. The molecular weight excluding hydrogens is 480 g/mol. The first kappa shape index (κ1) is 24.7. The lowest BCUT2D eigenvalue weighted by atomic mass is 9.78. The average Bonchev–Trinajstić information content (AvgIpc) is 3.62. The molecule has 0 spiro atoms. The van der Waals surface area contributed by atoms with Crippen molar-refractivity contribution < 1.29 is 9.59 Å². The highest BCUT2D eigenvalue weighted by atomic mass is 32.1. The molecule has 3 aliphatic rings. The van der Waals surface area contributed by atoms with Gasteiger partial charge in [-0.05, 0) is 69.0 Å². The summed E-state index contributed by atoms with van der Waals surface area (Å²) in [6.45, 7) is 4.81. The van der Waals surface area contributed by atoms with Crippen LogP contribution in [0.15, 0.2) is 36.5 Å². The number of hydrogen-bond donors (Lipinski definition) is 0. The fourth-order valence-electron chi connectivity index (χ4n) is 6.40. The average molecular weight is 517 g/mol. The zero-order valence-corrected chi connectivity index (χ0v) is 22.3. The summed E-state index contributed by atoms with van der Waals surface area (Å²) in [6, 6.07) is 9.79. The Morgan fingerprint density at radius 3 is 2.62 bits per heavy atom. The van der Waals surface area contributed by atoms with Gasteiger partial charge in [-0.25, -0.2) is 4.98 Å². The maximum absolute atomic E-state index is 13.1. The number of Topliss-reactive ketones (excluding diaryl/α,β-unsaturated/α-hetero) is 1. The minimum atomic E-state index is 0.135. The Morgan fingerprint density at radius 2 is 1.78 bits per heavy atom. The molecule has 1 amide bonds. The number of benzene rings is 1. The molecule has 0 radical (unpaired) electrons. The van der Waals surface area contributed by atoms with Crippen molar-refractivity contribution in [3.8, 4) is 0 Å². The van der Waals surface area contributed by atoms with Gasteiger partial charge in [0.25, 0.3) is 5.91 Å². The van der Waals surface area contributed by atoms with Crippen molar-refractivity contribution in [1.82, 2.24) is 19.8 Å². The van der Waals surface area contributed by atoms with Gasteiger partial charge in [0, 0.05) is 54.6 Å². The largest absolute Gasteiger partial charge is 0.337 e. The van der Waals surface area contributed by atoms with Crippen molar-refractivity contribution in [1.29, 1.82) is 0 Å².